The van der Waals surface area contributed by atoms with Crippen molar-refractivity contribution in [3.8, 4) is 5.75 Å². The molecule has 1 unspecified atom stereocenters. The van der Waals surface area contributed by atoms with Crippen molar-refractivity contribution in [3.05, 3.63) is 96.1 Å². The van der Waals surface area contributed by atoms with E-state index in [0.717, 1.165) is 30.1 Å². The second-order valence-corrected chi connectivity index (χ2v) is 8.05. The van der Waals surface area contributed by atoms with E-state index in [9.17, 15) is 9.59 Å². The molecule has 6 heteroatoms. The second kappa shape index (κ2) is 10.7. The molecule has 1 fully saturated rings. The van der Waals surface area contributed by atoms with Crippen LogP contribution in [0.15, 0.2) is 84.9 Å². The third-order valence-electron chi connectivity index (χ3n) is 5.98. The van der Waals surface area contributed by atoms with E-state index < -0.39 is 6.04 Å². The molecule has 3 aromatic carbocycles. The van der Waals surface area contributed by atoms with Crippen LogP contribution in [0.2, 0.25) is 0 Å². The average molecular weight is 444 g/mol. The molecule has 0 radical (unpaired) electrons. The SMILES string of the molecule is COc1ccccc1N1CCN(C(=O)CC(NC(=O)c2ccccc2)c2ccccc2)CC1. The molecule has 1 saturated heterocycles. The first kappa shape index (κ1) is 22.4. The van der Waals surface area contributed by atoms with Gasteiger partial charge < -0.3 is 19.9 Å². The van der Waals surface area contributed by atoms with E-state index in [1.54, 1.807) is 19.2 Å². The number of para-hydroxylation sites is 2. The van der Waals surface area contributed by atoms with E-state index in [4.69, 9.17) is 4.74 Å². The van der Waals surface area contributed by atoms with E-state index >= 15 is 0 Å². The van der Waals surface area contributed by atoms with Crippen molar-refractivity contribution in [1.82, 2.24) is 10.2 Å². The zero-order chi connectivity index (χ0) is 23.0. The molecule has 0 saturated carbocycles. The van der Waals surface area contributed by atoms with Gasteiger partial charge >= 0.3 is 0 Å². The molecule has 1 atom stereocenters. The summed E-state index contributed by atoms with van der Waals surface area (Å²) in [6.45, 7) is 2.73. The summed E-state index contributed by atoms with van der Waals surface area (Å²) in [4.78, 5) is 30.1. The van der Waals surface area contributed by atoms with Gasteiger partial charge in [-0.05, 0) is 29.8 Å². The van der Waals surface area contributed by atoms with Gasteiger partial charge in [0.05, 0.1) is 25.3 Å². The van der Waals surface area contributed by atoms with Gasteiger partial charge in [0.2, 0.25) is 5.91 Å². The highest BCUT2D eigenvalue weighted by atomic mass is 16.5. The standard InChI is InChI=1S/C27H29N3O3/c1-33-25-15-9-8-14-24(25)29-16-18-30(19-17-29)26(31)20-23(21-10-4-2-5-11-21)28-27(32)22-12-6-3-7-13-22/h2-15,23H,16-20H2,1H3,(H,28,32). The number of nitrogens with zero attached hydrogens (tertiary/aromatic N) is 2. The zero-order valence-corrected chi connectivity index (χ0v) is 18.8. The molecule has 0 spiro atoms. The van der Waals surface area contributed by atoms with Gasteiger partial charge in [-0.15, -0.1) is 0 Å². The summed E-state index contributed by atoms with van der Waals surface area (Å²) in [6.07, 6.45) is 0.219. The Hall–Kier alpha value is -3.80. The Bertz CT molecular complexity index is 1060. The predicted molar refractivity (Wildman–Crippen MR) is 129 cm³/mol. The fourth-order valence-corrected chi connectivity index (χ4v) is 4.16. The van der Waals surface area contributed by atoms with Crippen LogP contribution in [-0.4, -0.2) is 50.0 Å². The van der Waals surface area contributed by atoms with Crippen LogP contribution in [0.5, 0.6) is 5.75 Å². The zero-order valence-electron chi connectivity index (χ0n) is 18.8. The molecule has 33 heavy (non-hydrogen) atoms. The Morgan fingerprint density at radius 2 is 1.45 bits per heavy atom. The molecule has 1 aliphatic rings. The topological polar surface area (TPSA) is 61.9 Å². The van der Waals surface area contributed by atoms with E-state index in [-0.39, 0.29) is 18.2 Å². The quantitative estimate of drug-likeness (QED) is 0.602. The fraction of sp³-hybridized carbons (Fsp3) is 0.259. The number of carbonyl (C=O) groups is 2. The number of carbonyl (C=O) groups excluding carboxylic acids is 2. The van der Waals surface area contributed by atoms with E-state index in [2.05, 4.69) is 10.2 Å². The van der Waals surface area contributed by atoms with Gasteiger partial charge in [0.25, 0.3) is 5.91 Å². The lowest BCUT2D eigenvalue weighted by atomic mass is 10.0. The first-order valence-corrected chi connectivity index (χ1v) is 11.2. The lowest BCUT2D eigenvalue weighted by Gasteiger charge is -2.37. The molecule has 6 nitrogen and oxygen atoms in total. The van der Waals surface area contributed by atoms with Crippen molar-refractivity contribution in [2.24, 2.45) is 0 Å². The number of ether oxygens (including phenoxy) is 1. The lowest BCUT2D eigenvalue weighted by Crippen LogP contribution is -2.49. The summed E-state index contributed by atoms with van der Waals surface area (Å²) in [5.41, 5.74) is 2.54. The molecule has 0 aromatic heterocycles. The Kier molecular flexibility index (Phi) is 7.25. The van der Waals surface area contributed by atoms with Gasteiger partial charge in [0.15, 0.2) is 0 Å². The van der Waals surface area contributed by atoms with Gasteiger partial charge in [0, 0.05) is 31.7 Å². The van der Waals surface area contributed by atoms with Gasteiger partial charge in [-0.2, -0.15) is 0 Å². The molecule has 1 aliphatic heterocycles. The lowest BCUT2D eigenvalue weighted by molar-refractivity contribution is -0.132. The summed E-state index contributed by atoms with van der Waals surface area (Å²) < 4.78 is 5.49. The van der Waals surface area contributed by atoms with E-state index in [0.29, 0.717) is 18.7 Å². The summed E-state index contributed by atoms with van der Waals surface area (Å²) in [5.74, 6) is 0.695. The monoisotopic (exact) mass is 443 g/mol. The van der Waals surface area contributed by atoms with Crippen LogP contribution >= 0.6 is 0 Å². The normalized spacial score (nSPS) is 14.5. The third-order valence-corrected chi connectivity index (χ3v) is 5.98. The van der Waals surface area contributed by atoms with Crippen molar-refractivity contribution < 1.29 is 14.3 Å². The molecule has 2 amide bonds. The van der Waals surface area contributed by atoms with E-state index in [1.807, 2.05) is 77.7 Å². The highest BCUT2D eigenvalue weighted by Crippen LogP contribution is 2.28. The molecule has 0 bridgehead atoms. The van der Waals surface area contributed by atoms with Crippen molar-refractivity contribution in [1.29, 1.82) is 0 Å². The number of rotatable bonds is 7. The Labute approximate surface area is 194 Å². The van der Waals surface area contributed by atoms with Crippen LogP contribution in [0.25, 0.3) is 0 Å². The Morgan fingerprint density at radius 1 is 0.848 bits per heavy atom. The molecule has 3 aromatic rings. The van der Waals surface area contributed by atoms with Crippen molar-refractivity contribution in [2.45, 2.75) is 12.5 Å². The maximum absolute atomic E-state index is 13.2. The van der Waals surface area contributed by atoms with Gasteiger partial charge in [-0.1, -0.05) is 60.7 Å². The maximum atomic E-state index is 13.2. The summed E-state index contributed by atoms with van der Waals surface area (Å²) in [5, 5.41) is 3.06. The minimum atomic E-state index is -0.390. The fourth-order valence-electron chi connectivity index (χ4n) is 4.16. The molecule has 1 N–H and O–H groups in total. The first-order valence-electron chi connectivity index (χ1n) is 11.2. The molecule has 1 heterocycles. The van der Waals surface area contributed by atoms with Crippen LogP contribution in [-0.2, 0) is 4.79 Å². The number of hydrogen-bond acceptors (Lipinski definition) is 4. The van der Waals surface area contributed by atoms with E-state index in [1.165, 1.54) is 0 Å². The highest BCUT2D eigenvalue weighted by molar-refractivity contribution is 5.94. The molecular formula is C27H29N3O3. The largest absolute Gasteiger partial charge is 0.495 e. The van der Waals surface area contributed by atoms with Crippen molar-refractivity contribution >= 4 is 17.5 Å². The smallest absolute Gasteiger partial charge is 0.251 e. The first-order chi connectivity index (χ1) is 16.2. The van der Waals surface area contributed by atoms with Gasteiger partial charge in [0.1, 0.15) is 5.75 Å². The number of methoxy groups -OCH3 is 1. The molecule has 170 valence electrons. The second-order valence-electron chi connectivity index (χ2n) is 8.05. The van der Waals surface area contributed by atoms with Gasteiger partial charge in [-0.25, -0.2) is 0 Å². The van der Waals surface area contributed by atoms with Crippen molar-refractivity contribution in [2.75, 3.05) is 38.2 Å². The predicted octanol–water partition coefficient (Wildman–Crippen LogP) is 3.91. The molecular weight excluding hydrogens is 414 g/mol. The van der Waals surface area contributed by atoms with Crippen LogP contribution < -0.4 is 15.0 Å². The number of nitrogens with one attached hydrogen (secondary N) is 1. The summed E-state index contributed by atoms with van der Waals surface area (Å²) in [6, 6.07) is 26.3. The Balaban J connectivity index is 1.41. The maximum Gasteiger partial charge on any atom is 0.251 e. The highest BCUT2D eigenvalue weighted by Gasteiger charge is 2.26. The van der Waals surface area contributed by atoms with Crippen LogP contribution in [0.3, 0.4) is 0 Å². The minimum absolute atomic E-state index is 0.0388. The van der Waals surface area contributed by atoms with Crippen LogP contribution in [0.1, 0.15) is 28.4 Å². The number of amides is 2. The summed E-state index contributed by atoms with van der Waals surface area (Å²) in [7, 11) is 1.67. The van der Waals surface area contributed by atoms with Crippen molar-refractivity contribution in [3.63, 3.8) is 0 Å². The number of anilines is 1. The summed E-state index contributed by atoms with van der Waals surface area (Å²) >= 11 is 0. The number of benzene rings is 3. The van der Waals surface area contributed by atoms with Gasteiger partial charge in [-0.3, -0.25) is 9.59 Å². The average Bonchev–Trinajstić information content (AvgIpc) is 2.89. The van der Waals surface area contributed by atoms with Crippen LogP contribution in [0.4, 0.5) is 5.69 Å². The Morgan fingerprint density at radius 3 is 2.12 bits per heavy atom. The number of hydrogen-bond donors (Lipinski definition) is 1. The molecule has 0 aliphatic carbocycles. The number of piperazine rings is 1. The minimum Gasteiger partial charge on any atom is -0.495 e. The molecule has 4 rings (SSSR count). The third kappa shape index (κ3) is 5.52. The van der Waals surface area contributed by atoms with Crippen LogP contribution in [0, 0.1) is 0 Å².